The normalized spacial score (nSPS) is 9.75. The van der Waals surface area contributed by atoms with Crippen molar-refractivity contribution in [1.82, 2.24) is 10.3 Å². The molecule has 5 nitrogen and oxygen atoms in total. The summed E-state index contributed by atoms with van der Waals surface area (Å²) in [4.78, 5) is 15.3. The summed E-state index contributed by atoms with van der Waals surface area (Å²) in [6.07, 6.45) is 4.86. The molecule has 2 heterocycles. The largest absolute Gasteiger partial charge is 0.449 e. The Morgan fingerprint density at radius 2 is 2.12 bits per heavy atom. The number of carbonyl (C=O) groups is 1. The number of hydrogen-bond acceptors (Lipinski definition) is 3. The predicted octanol–water partition coefficient (Wildman–Crippen LogP) is 2.00. The maximum absolute atomic E-state index is 11.4. The topological polar surface area (TPSA) is 67.2 Å². The molecule has 0 fully saturated rings. The fraction of sp³-hybridized carbons (Fsp3) is 0.0909. The Balaban J connectivity index is 1.80. The zero-order chi connectivity index (χ0) is 11.2. The van der Waals surface area contributed by atoms with Crippen LogP contribution < -0.4 is 10.6 Å². The minimum atomic E-state index is -0.299. The van der Waals surface area contributed by atoms with E-state index in [-0.39, 0.29) is 6.03 Å². The first-order valence-corrected chi connectivity index (χ1v) is 4.82. The number of pyridine rings is 1. The van der Waals surface area contributed by atoms with Crippen LogP contribution in [0.1, 0.15) is 5.56 Å². The van der Waals surface area contributed by atoms with Gasteiger partial charge in [0.15, 0.2) is 0 Å². The van der Waals surface area contributed by atoms with Gasteiger partial charge in [-0.3, -0.25) is 10.3 Å². The van der Waals surface area contributed by atoms with Crippen molar-refractivity contribution in [3.63, 3.8) is 0 Å². The second kappa shape index (κ2) is 4.97. The number of anilines is 1. The Morgan fingerprint density at radius 3 is 2.81 bits per heavy atom. The monoisotopic (exact) mass is 217 g/mol. The number of aromatic nitrogens is 1. The van der Waals surface area contributed by atoms with E-state index < -0.39 is 0 Å². The second-order valence-corrected chi connectivity index (χ2v) is 3.14. The van der Waals surface area contributed by atoms with E-state index in [0.29, 0.717) is 12.4 Å². The lowest BCUT2D eigenvalue weighted by Crippen LogP contribution is -2.27. The van der Waals surface area contributed by atoms with E-state index in [2.05, 4.69) is 15.6 Å². The average molecular weight is 217 g/mol. The number of furan rings is 1. The fourth-order valence-electron chi connectivity index (χ4n) is 1.19. The number of nitrogens with zero attached hydrogens (tertiary/aromatic N) is 1. The first kappa shape index (κ1) is 10.2. The Bertz CT molecular complexity index is 440. The van der Waals surface area contributed by atoms with Gasteiger partial charge in [-0.1, -0.05) is 0 Å². The average Bonchev–Trinajstić information content (AvgIpc) is 2.81. The Morgan fingerprint density at radius 1 is 1.31 bits per heavy atom. The van der Waals surface area contributed by atoms with Crippen LogP contribution in [0.4, 0.5) is 10.7 Å². The molecule has 0 radical (unpaired) electrons. The molecule has 2 aromatic rings. The van der Waals surface area contributed by atoms with E-state index in [1.807, 2.05) is 12.1 Å². The van der Waals surface area contributed by atoms with Gasteiger partial charge in [-0.05, 0) is 23.8 Å². The molecular weight excluding hydrogens is 206 g/mol. The molecule has 2 N–H and O–H groups in total. The summed E-state index contributed by atoms with van der Waals surface area (Å²) >= 11 is 0. The third kappa shape index (κ3) is 2.84. The zero-order valence-electron chi connectivity index (χ0n) is 8.51. The van der Waals surface area contributed by atoms with Crippen molar-refractivity contribution in [2.45, 2.75) is 6.54 Å². The lowest BCUT2D eigenvalue weighted by molar-refractivity contribution is 0.251. The summed E-state index contributed by atoms with van der Waals surface area (Å²) in [5, 5.41) is 5.26. The van der Waals surface area contributed by atoms with Gasteiger partial charge in [0.1, 0.15) is 0 Å². The van der Waals surface area contributed by atoms with Crippen molar-refractivity contribution in [1.29, 1.82) is 0 Å². The van der Waals surface area contributed by atoms with Gasteiger partial charge >= 0.3 is 6.03 Å². The number of rotatable bonds is 3. The third-order valence-electron chi connectivity index (χ3n) is 1.96. The number of urea groups is 1. The Hall–Kier alpha value is -2.30. The zero-order valence-corrected chi connectivity index (χ0v) is 8.51. The van der Waals surface area contributed by atoms with Crippen LogP contribution in [-0.2, 0) is 6.54 Å². The van der Waals surface area contributed by atoms with Crippen LogP contribution in [0.15, 0.2) is 47.3 Å². The van der Waals surface area contributed by atoms with Crippen LogP contribution in [0.5, 0.6) is 0 Å². The number of carbonyl (C=O) groups excluding carboxylic acids is 1. The van der Waals surface area contributed by atoms with Crippen molar-refractivity contribution < 1.29 is 9.21 Å². The van der Waals surface area contributed by atoms with Crippen molar-refractivity contribution in [2.24, 2.45) is 0 Å². The van der Waals surface area contributed by atoms with Crippen LogP contribution in [-0.4, -0.2) is 11.0 Å². The lowest BCUT2D eigenvalue weighted by atomic mass is 10.3. The molecule has 0 unspecified atom stereocenters. The van der Waals surface area contributed by atoms with Crippen LogP contribution in [0, 0.1) is 0 Å². The SMILES string of the molecule is O=C(NCc1ccncc1)Nc1ccco1. The summed E-state index contributed by atoms with van der Waals surface area (Å²) in [6.45, 7) is 0.453. The van der Waals surface area contributed by atoms with Gasteiger partial charge in [0, 0.05) is 25.0 Å². The van der Waals surface area contributed by atoms with E-state index >= 15 is 0 Å². The van der Waals surface area contributed by atoms with Gasteiger partial charge in [0.25, 0.3) is 0 Å². The summed E-state index contributed by atoms with van der Waals surface area (Å²) < 4.78 is 4.97. The van der Waals surface area contributed by atoms with Crippen LogP contribution in [0.25, 0.3) is 0 Å². The molecule has 16 heavy (non-hydrogen) atoms. The van der Waals surface area contributed by atoms with Gasteiger partial charge in [0.05, 0.1) is 6.26 Å². The molecule has 2 rings (SSSR count). The van der Waals surface area contributed by atoms with Crippen molar-refractivity contribution in [2.75, 3.05) is 5.32 Å². The molecule has 0 spiro atoms. The Kier molecular flexibility index (Phi) is 3.18. The van der Waals surface area contributed by atoms with Gasteiger partial charge in [-0.15, -0.1) is 0 Å². The molecule has 0 atom stereocenters. The molecule has 0 aromatic carbocycles. The molecule has 5 heteroatoms. The highest BCUT2D eigenvalue weighted by Crippen LogP contribution is 2.05. The molecular formula is C11H11N3O2. The summed E-state index contributed by atoms with van der Waals surface area (Å²) in [7, 11) is 0. The summed E-state index contributed by atoms with van der Waals surface area (Å²) in [5.41, 5.74) is 0.990. The molecule has 82 valence electrons. The van der Waals surface area contributed by atoms with E-state index in [1.165, 1.54) is 6.26 Å². The van der Waals surface area contributed by atoms with Gasteiger partial charge in [-0.25, -0.2) is 4.79 Å². The highest BCUT2D eigenvalue weighted by Gasteiger charge is 2.02. The maximum Gasteiger partial charge on any atom is 0.321 e. The van der Waals surface area contributed by atoms with E-state index in [4.69, 9.17) is 4.42 Å². The van der Waals surface area contributed by atoms with Gasteiger partial charge in [-0.2, -0.15) is 0 Å². The first-order valence-electron chi connectivity index (χ1n) is 4.82. The second-order valence-electron chi connectivity index (χ2n) is 3.14. The third-order valence-corrected chi connectivity index (χ3v) is 1.96. The highest BCUT2D eigenvalue weighted by molar-refractivity contribution is 5.87. The van der Waals surface area contributed by atoms with Crippen molar-refractivity contribution in [3.8, 4) is 0 Å². The minimum absolute atomic E-state index is 0.299. The molecule has 0 saturated carbocycles. The quantitative estimate of drug-likeness (QED) is 0.826. The predicted molar refractivity (Wildman–Crippen MR) is 58.8 cm³/mol. The standard InChI is InChI=1S/C11H11N3O2/c15-11(14-10-2-1-7-16-10)13-8-9-3-5-12-6-4-9/h1-7H,8H2,(H2,13,14,15). The molecule has 0 aliphatic rings. The van der Waals surface area contributed by atoms with E-state index in [0.717, 1.165) is 5.56 Å². The minimum Gasteiger partial charge on any atom is -0.449 e. The molecule has 2 aromatic heterocycles. The van der Waals surface area contributed by atoms with Crippen LogP contribution in [0.3, 0.4) is 0 Å². The highest BCUT2D eigenvalue weighted by atomic mass is 16.3. The summed E-state index contributed by atoms with van der Waals surface area (Å²) in [6, 6.07) is 6.76. The van der Waals surface area contributed by atoms with Crippen molar-refractivity contribution >= 4 is 11.9 Å². The first-order chi connectivity index (χ1) is 7.84. The van der Waals surface area contributed by atoms with Gasteiger partial charge in [0.2, 0.25) is 5.88 Å². The van der Waals surface area contributed by atoms with Crippen LogP contribution in [0.2, 0.25) is 0 Å². The van der Waals surface area contributed by atoms with Gasteiger partial charge < -0.3 is 9.73 Å². The molecule has 0 aliphatic heterocycles. The fourth-order valence-corrected chi connectivity index (χ4v) is 1.19. The summed E-state index contributed by atoms with van der Waals surface area (Å²) in [5.74, 6) is 0.423. The number of nitrogens with one attached hydrogen (secondary N) is 2. The number of hydrogen-bond donors (Lipinski definition) is 2. The van der Waals surface area contributed by atoms with E-state index in [1.54, 1.807) is 24.5 Å². The van der Waals surface area contributed by atoms with Crippen LogP contribution >= 0.6 is 0 Å². The lowest BCUT2D eigenvalue weighted by Gasteiger charge is -2.04. The molecule has 0 bridgehead atoms. The molecule has 0 saturated heterocycles. The Labute approximate surface area is 92.5 Å². The maximum atomic E-state index is 11.4. The van der Waals surface area contributed by atoms with E-state index in [9.17, 15) is 4.79 Å². The molecule has 0 aliphatic carbocycles. The molecule has 2 amide bonds. The van der Waals surface area contributed by atoms with Crippen molar-refractivity contribution in [3.05, 3.63) is 48.5 Å². The smallest absolute Gasteiger partial charge is 0.321 e. The number of amides is 2.